The first kappa shape index (κ1) is 23.4. The predicted octanol–water partition coefficient (Wildman–Crippen LogP) is 3.23. The molecule has 1 fully saturated rings. The van der Waals surface area contributed by atoms with Crippen LogP contribution >= 0.6 is 0 Å². The van der Waals surface area contributed by atoms with Crippen molar-refractivity contribution in [2.24, 2.45) is 11.8 Å². The van der Waals surface area contributed by atoms with Crippen molar-refractivity contribution in [1.29, 1.82) is 5.26 Å². The second-order valence-electron chi connectivity index (χ2n) is 9.13. The number of nitrogens with one attached hydrogen (secondary N) is 1. The first-order valence-corrected chi connectivity index (χ1v) is 11.5. The van der Waals surface area contributed by atoms with Gasteiger partial charge in [0, 0.05) is 29.9 Å². The lowest BCUT2D eigenvalue weighted by Crippen LogP contribution is -2.56. The molecule has 0 spiro atoms. The fourth-order valence-corrected chi connectivity index (χ4v) is 4.87. The average molecular weight is 463 g/mol. The summed E-state index contributed by atoms with van der Waals surface area (Å²) in [6.45, 7) is 4.00. The second kappa shape index (κ2) is 9.64. The average Bonchev–Trinajstić information content (AvgIpc) is 3.26. The van der Waals surface area contributed by atoms with Gasteiger partial charge in [0.05, 0.1) is 12.0 Å². The lowest BCUT2D eigenvalue weighted by atomic mass is 9.93. The fraction of sp³-hybridized carbons (Fsp3) is 0.385. The molecule has 1 saturated heterocycles. The second-order valence-corrected chi connectivity index (χ2v) is 9.13. The molecule has 4 rings (SSSR count). The highest BCUT2D eigenvalue weighted by Gasteiger charge is 2.45. The third-order valence-corrected chi connectivity index (χ3v) is 6.58. The van der Waals surface area contributed by atoms with Crippen LogP contribution in [0.3, 0.4) is 0 Å². The number of benzene rings is 2. The van der Waals surface area contributed by atoms with Gasteiger partial charge in [-0.05, 0) is 43.0 Å². The van der Waals surface area contributed by atoms with Crippen LogP contribution in [0.5, 0.6) is 0 Å². The van der Waals surface area contributed by atoms with Crippen molar-refractivity contribution in [3.8, 4) is 6.07 Å². The van der Waals surface area contributed by atoms with Gasteiger partial charge >= 0.3 is 0 Å². The van der Waals surface area contributed by atoms with Crippen LogP contribution in [0.4, 0.5) is 10.1 Å². The highest BCUT2D eigenvalue weighted by atomic mass is 19.1. The normalized spacial score (nSPS) is 20.6. The molecule has 3 unspecified atom stereocenters. The summed E-state index contributed by atoms with van der Waals surface area (Å²) in [6.07, 6.45) is 0.543. The number of likely N-dealkylation sites (tertiary alicyclic amines) is 1. The van der Waals surface area contributed by atoms with E-state index in [1.807, 2.05) is 32.0 Å². The Labute approximate surface area is 198 Å². The van der Waals surface area contributed by atoms with Crippen molar-refractivity contribution < 1.29 is 18.8 Å². The Bertz CT molecular complexity index is 1140. The van der Waals surface area contributed by atoms with Gasteiger partial charge in [-0.3, -0.25) is 14.4 Å². The number of para-hydroxylation sites is 1. The molecule has 0 radical (unpaired) electrons. The van der Waals surface area contributed by atoms with Crippen LogP contribution in [0.25, 0.3) is 0 Å². The predicted molar refractivity (Wildman–Crippen MR) is 124 cm³/mol. The van der Waals surface area contributed by atoms with Crippen molar-refractivity contribution in [3.05, 3.63) is 65.5 Å². The number of halogens is 1. The Morgan fingerprint density at radius 2 is 1.88 bits per heavy atom. The number of carbonyl (C=O) groups is 3. The summed E-state index contributed by atoms with van der Waals surface area (Å²) in [6, 6.07) is 14.0. The van der Waals surface area contributed by atoms with E-state index in [-0.39, 0.29) is 48.7 Å². The zero-order valence-electron chi connectivity index (χ0n) is 19.2. The van der Waals surface area contributed by atoms with Crippen molar-refractivity contribution in [1.82, 2.24) is 9.80 Å². The summed E-state index contributed by atoms with van der Waals surface area (Å²) >= 11 is 0. The van der Waals surface area contributed by atoms with E-state index in [1.54, 1.807) is 18.2 Å². The van der Waals surface area contributed by atoms with E-state index in [1.165, 1.54) is 21.9 Å². The van der Waals surface area contributed by atoms with Gasteiger partial charge < -0.3 is 15.1 Å². The summed E-state index contributed by atoms with van der Waals surface area (Å²) < 4.78 is 14.2. The van der Waals surface area contributed by atoms with Gasteiger partial charge in [0.25, 0.3) is 5.91 Å². The molecule has 8 heteroatoms. The van der Waals surface area contributed by atoms with Crippen molar-refractivity contribution in [2.75, 3.05) is 18.4 Å². The van der Waals surface area contributed by atoms with Gasteiger partial charge in [-0.15, -0.1) is 0 Å². The lowest BCUT2D eigenvalue weighted by Gasteiger charge is -2.39. The molecule has 3 atom stereocenters. The van der Waals surface area contributed by atoms with Gasteiger partial charge in [0.1, 0.15) is 17.9 Å². The molecule has 2 aromatic carbocycles. The minimum atomic E-state index is -0.810. The van der Waals surface area contributed by atoms with Gasteiger partial charge in [0.2, 0.25) is 11.8 Å². The van der Waals surface area contributed by atoms with Gasteiger partial charge in [-0.2, -0.15) is 5.26 Å². The van der Waals surface area contributed by atoms with Gasteiger partial charge in [0.15, 0.2) is 0 Å². The van der Waals surface area contributed by atoms with Crippen LogP contribution in [0.1, 0.15) is 36.2 Å². The number of carbonyl (C=O) groups excluding carboxylic acids is 3. The Kier molecular flexibility index (Phi) is 6.64. The minimum Gasteiger partial charge on any atom is -0.326 e. The maximum Gasteiger partial charge on any atom is 0.254 e. The number of fused-ring (bicyclic) bond motifs is 1. The Morgan fingerprint density at radius 3 is 2.56 bits per heavy atom. The molecule has 2 heterocycles. The van der Waals surface area contributed by atoms with Crippen LogP contribution in [-0.4, -0.2) is 52.7 Å². The molecule has 0 aromatic heterocycles. The van der Waals surface area contributed by atoms with Crippen LogP contribution in [-0.2, 0) is 16.0 Å². The standard InChI is InChI=1S/C26H27FN4O3/c1-16(2)23(30-12-11-20-21(25(30)33)9-6-10-22(20)27)26(34)31-15-17(13-19(31)14-28)24(32)29-18-7-4-3-5-8-18/h3-10,16-17,19,23H,11-13,15H2,1-2H3,(H,29,32). The molecule has 0 aliphatic carbocycles. The Balaban J connectivity index is 1.54. The third kappa shape index (κ3) is 4.38. The van der Waals surface area contributed by atoms with Crippen LogP contribution < -0.4 is 5.32 Å². The van der Waals surface area contributed by atoms with E-state index >= 15 is 0 Å². The molecule has 2 aromatic rings. The molecule has 0 bridgehead atoms. The lowest BCUT2D eigenvalue weighted by molar-refractivity contribution is -0.138. The zero-order chi connectivity index (χ0) is 24.4. The monoisotopic (exact) mass is 462 g/mol. The van der Waals surface area contributed by atoms with Gasteiger partial charge in [-0.1, -0.05) is 38.1 Å². The highest BCUT2D eigenvalue weighted by Crippen LogP contribution is 2.30. The number of amides is 3. The molecule has 7 nitrogen and oxygen atoms in total. The van der Waals surface area contributed by atoms with Crippen LogP contribution in [0.15, 0.2) is 48.5 Å². The molecule has 1 N–H and O–H groups in total. The molecular weight excluding hydrogens is 435 g/mol. The first-order valence-electron chi connectivity index (χ1n) is 11.5. The Morgan fingerprint density at radius 1 is 1.15 bits per heavy atom. The summed E-state index contributed by atoms with van der Waals surface area (Å²) in [7, 11) is 0. The topological polar surface area (TPSA) is 93.5 Å². The number of nitriles is 1. The molecule has 176 valence electrons. The molecular formula is C26H27FN4O3. The number of hydrogen-bond acceptors (Lipinski definition) is 4. The van der Waals surface area contributed by atoms with E-state index in [4.69, 9.17) is 0 Å². The Hall–Kier alpha value is -3.73. The van der Waals surface area contributed by atoms with E-state index in [9.17, 15) is 24.0 Å². The first-order chi connectivity index (χ1) is 16.3. The molecule has 2 aliphatic heterocycles. The maximum atomic E-state index is 14.2. The van der Waals surface area contributed by atoms with Crippen LogP contribution in [0.2, 0.25) is 0 Å². The largest absolute Gasteiger partial charge is 0.326 e. The molecule has 34 heavy (non-hydrogen) atoms. The van der Waals surface area contributed by atoms with Crippen LogP contribution in [0, 0.1) is 29.0 Å². The fourth-order valence-electron chi connectivity index (χ4n) is 4.87. The highest BCUT2D eigenvalue weighted by molar-refractivity contribution is 6.00. The summed E-state index contributed by atoms with van der Waals surface area (Å²) in [5.41, 5.74) is 1.28. The maximum absolute atomic E-state index is 14.2. The minimum absolute atomic E-state index is 0.103. The molecule has 3 amide bonds. The zero-order valence-corrected chi connectivity index (χ0v) is 19.2. The van der Waals surface area contributed by atoms with Crippen molar-refractivity contribution in [3.63, 3.8) is 0 Å². The van der Waals surface area contributed by atoms with Crippen molar-refractivity contribution in [2.45, 2.75) is 38.8 Å². The number of hydrogen-bond donors (Lipinski definition) is 1. The van der Waals surface area contributed by atoms with E-state index < -0.39 is 23.8 Å². The van der Waals surface area contributed by atoms with E-state index in [2.05, 4.69) is 11.4 Å². The quantitative estimate of drug-likeness (QED) is 0.738. The number of nitrogens with zero attached hydrogens (tertiary/aromatic N) is 3. The number of rotatable bonds is 5. The smallest absolute Gasteiger partial charge is 0.254 e. The summed E-state index contributed by atoms with van der Waals surface area (Å²) in [5, 5.41) is 12.6. The van der Waals surface area contributed by atoms with E-state index in [0.717, 1.165) is 0 Å². The van der Waals surface area contributed by atoms with E-state index in [0.29, 0.717) is 17.7 Å². The molecule has 0 saturated carbocycles. The summed E-state index contributed by atoms with van der Waals surface area (Å²) in [4.78, 5) is 42.6. The number of anilines is 1. The SMILES string of the molecule is CC(C)C(C(=O)N1CC(C(=O)Nc2ccccc2)CC1C#N)N1CCc2c(F)cccc2C1=O. The van der Waals surface area contributed by atoms with Gasteiger partial charge in [-0.25, -0.2) is 4.39 Å². The van der Waals surface area contributed by atoms with Crippen molar-refractivity contribution >= 4 is 23.4 Å². The third-order valence-electron chi connectivity index (χ3n) is 6.58. The summed E-state index contributed by atoms with van der Waals surface area (Å²) in [5.74, 6) is -2.18. The molecule has 2 aliphatic rings.